The first kappa shape index (κ1) is 10.3. The van der Waals surface area contributed by atoms with Crippen molar-refractivity contribution in [1.29, 1.82) is 0 Å². The largest absolute Gasteiger partial charge is 0.472 e. The lowest BCUT2D eigenvalue weighted by atomic mass is 10.3. The molecule has 0 bridgehead atoms. The summed E-state index contributed by atoms with van der Waals surface area (Å²) in [4.78, 5) is 2.21. The van der Waals surface area contributed by atoms with Gasteiger partial charge in [-0.3, -0.25) is 4.90 Å². The summed E-state index contributed by atoms with van der Waals surface area (Å²) in [6, 6.07) is 1.96. The minimum absolute atomic E-state index is 0.220. The van der Waals surface area contributed by atoms with E-state index in [2.05, 4.69) is 11.8 Å². The molecule has 0 amide bonds. The van der Waals surface area contributed by atoms with Crippen molar-refractivity contribution >= 4 is 0 Å². The van der Waals surface area contributed by atoms with E-state index in [0.717, 1.165) is 26.1 Å². The molecule has 74 valence electrons. The van der Waals surface area contributed by atoms with Crippen LogP contribution in [-0.2, 0) is 6.54 Å². The van der Waals surface area contributed by atoms with Gasteiger partial charge in [0.05, 0.1) is 19.1 Å². The predicted molar refractivity (Wildman–Crippen MR) is 51.4 cm³/mol. The number of aliphatic hydroxyl groups is 1. The fourth-order valence-electron chi connectivity index (χ4n) is 1.37. The lowest BCUT2D eigenvalue weighted by Crippen LogP contribution is -2.26. The second-order valence-corrected chi connectivity index (χ2v) is 3.13. The van der Waals surface area contributed by atoms with E-state index in [1.165, 1.54) is 5.56 Å². The summed E-state index contributed by atoms with van der Waals surface area (Å²) in [6.45, 7) is 4.98. The van der Waals surface area contributed by atoms with Gasteiger partial charge in [-0.1, -0.05) is 6.92 Å². The van der Waals surface area contributed by atoms with Gasteiger partial charge < -0.3 is 9.52 Å². The van der Waals surface area contributed by atoms with E-state index in [0.29, 0.717) is 0 Å². The molecule has 0 aliphatic heterocycles. The molecular weight excluding hydrogens is 166 g/mol. The molecule has 1 heterocycles. The van der Waals surface area contributed by atoms with Gasteiger partial charge in [0.25, 0.3) is 0 Å². The highest BCUT2D eigenvalue weighted by Gasteiger charge is 2.04. The van der Waals surface area contributed by atoms with Crippen LogP contribution in [0.25, 0.3) is 0 Å². The summed E-state index contributed by atoms with van der Waals surface area (Å²) >= 11 is 0. The van der Waals surface area contributed by atoms with E-state index >= 15 is 0 Å². The van der Waals surface area contributed by atoms with Crippen molar-refractivity contribution in [2.24, 2.45) is 0 Å². The summed E-state index contributed by atoms with van der Waals surface area (Å²) in [6.07, 6.45) is 4.54. The van der Waals surface area contributed by atoms with E-state index < -0.39 is 0 Å². The van der Waals surface area contributed by atoms with Crippen LogP contribution in [0.2, 0.25) is 0 Å². The summed E-state index contributed by atoms with van der Waals surface area (Å²) < 4.78 is 4.98. The lowest BCUT2D eigenvalue weighted by molar-refractivity contribution is 0.190. The average Bonchev–Trinajstić information content (AvgIpc) is 2.58. The predicted octanol–water partition coefficient (Wildman–Crippen LogP) is 1.48. The molecule has 0 fully saturated rings. The highest BCUT2D eigenvalue weighted by atomic mass is 16.3. The summed E-state index contributed by atoms with van der Waals surface area (Å²) in [7, 11) is 0. The van der Waals surface area contributed by atoms with Crippen molar-refractivity contribution in [3.8, 4) is 0 Å². The van der Waals surface area contributed by atoms with Crippen molar-refractivity contribution < 1.29 is 9.52 Å². The van der Waals surface area contributed by atoms with Gasteiger partial charge in [-0.05, 0) is 19.0 Å². The van der Waals surface area contributed by atoms with Crippen molar-refractivity contribution in [2.75, 3.05) is 19.7 Å². The number of nitrogens with zero attached hydrogens (tertiary/aromatic N) is 1. The summed E-state index contributed by atoms with van der Waals surface area (Å²) in [5.74, 6) is 0. The Morgan fingerprint density at radius 2 is 2.31 bits per heavy atom. The zero-order valence-electron chi connectivity index (χ0n) is 8.07. The van der Waals surface area contributed by atoms with Crippen LogP contribution in [0.15, 0.2) is 23.0 Å². The third-order valence-corrected chi connectivity index (χ3v) is 1.94. The van der Waals surface area contributed by atoms with Crippen LogP contribution >= 0.6 is 0 Å². The molecule has 3 nitrogen and oxygen atoms in total. The second kappa shape index (κ2) is 5.78. The standard InChI is InChI=1S/C10H17NO2/c1-2-4-11(5-6-12)8-10-3-7-13-9-10/h3,7,9,12H,2,4-6,8H2,1H3. The maximum atomic E-state index is 8.83. The zero-order valence-corrected chi connectivity index (χ0v) is 8.07. The van der Waals surface area contributed by atoms with Gasteiger partial charge in [0, 0.05) is 18.7 Å². The smallest absolute Gasteiger partial charge is 0.0947 e. The molecule has 0 aliphatic carbocycles. The Morgan fingerprint density at radius 3 is 2.85 bits per heavy atom. The van der Waals surface area contributed by atoms with E-state index in [1.807, 2.05) is 6.07 Å². The van der Waals surface area contributed by atoms with E-state index in [1.54, 1.807) is 12.5 Å². The molecule has 0 aliphatic rings. The average molecular weight is 183 g/mol. The van der Waals surface area contributed by atoms with Crippen molar-refractivity contribution in [3.05, 3.63) is 24.2 Å². The van der Waals surface area contributed by atoms with E-state index in [-0.39, 0.29) is 6.61 Å². The number of hydrogen-bond donors (Lipinski definition) is 1. The van der Waals surface area contributed by atoms with E-state index in [9.17, 15) is 0 Å². The first-order valence-electron chi connectivity index (χ1n) is 4.71. The number of furan rings is 1. The third-order valence-electron chi connectivity index (χ3n) is 1.94. The topological polar surface area (TPSA) is 36.6 Å². The fraction of sp³-hybridized carbons (Fsp3) is 0.600. The molecule has 0 saturated heterocycles. The minimum atomic E-state index is 0.220. The Labute approximate surface area is 79.0 Å². The molecule has 1 aromatic heterocycles. The molecule has 0 saturated carbocycles. The Balaban J connectivity index is 2.37. The fourth-order valence-corrected chi connectivity index (χ4v) is 1.37. The Hall–Kier alpha value is -0.800. The molecule has 13 heavy (non-hydrogen) atoms. The molecule has 0 aromatic carbocycles. The van der Waals surface area contributed by atoms with Gasteiger partial charge in [0.15, 0.2) is 0 Å². The van der Waals surface area contributed by atoms with Crippen LogP contribution in [0.5, 0.6) is 0 Å². The van der Waals surface area contributed by atoms with Crippen LogP contribution in [0.4, 0.5) is 0 Å². The molecule has 0 radical (unpaired) electrons. The van der Waals surface area contributed by atoms with Gasteiger partial charge in [0.2, 0.25) is 0 Å². The molecule has 0 atom stereocenters. The number of hydrogen-bond acceptors (Lipinski definition) is 3. The molecule has 1 aromatic rings. The number of aliphatic hydroxyl groups excluding tert-OH is 1. The summed E-state index contributed by atoms with van der Waals surface area (Å²) in [5.41, 5.74) is 1.17. The van der Waals surface area contributed by atoms with Gasteiger partial charge in [-0.25, -0.2) is 0 Å². The SMILES string of the molecule is CCCN(CCO)Cc1ccoc1. The van der Waals surface area contributed by atoms with Crippen LogP contribution < -0.4 is 0 Å². The number of rotatable bonds is 6. The highest BCUT2D eigenvalue weighted by Crippen LogP contribution is 2.05. The Kier molecular flexibility index (Phi) is 4.57. The van der Waals surface area contributed by atoms with Crippen LogP contribution in [0, 0.1) is 0 Å². The van der Waals surface area contributed by atoms with Gasteiger partial charge >= 0.3 is 0 Å². The molecular formula is C10H17NO2. The third kappa shape index (κ3) is 3.61. The molecule has 0 spiro atoms. The quantitative estimate of drug-likeness (QED) is 0.725. The molecule has 3 heteroatoms. The molecule has 1 rings (SSSR count). The maximum absolute atomic E-state index is 8.83. The lowest BCUT2D eigenvalue weighted by Gasteiger charge is -2.19. The Morgan fingerprint density at radius 1 is 1.46 bits per heavy atom. The monoisotopic (exact) mass is 183 g/mol. The van der Waals surface area contributed by atoms with Crippen LogP contribution in [0.3, 0.4) is 0 Å². The van der Waals surface area contributed by atoms with Crippen molar-refractivity contribution in [2.45, 2.75) is 19.9 Å². The Bertz CT molecular complexity index is 203. The second-order valence-electron chi connectivity index (χ2n) is 3.13. The summed E-state index contributed by atoms with van der Waals surface area (Å²) in [5, 5.41) is 8.83. The van der Waals surface area contributed by atoms with Gasteiger partial charge in [0.1, 0.15) is 0 Å². The minimum Gasteiger partial charge on any atom is -0.472 e. The van der Waals surface area contributed by atoms with Crippen LogP contribution in [-0.4, -0.2) is 29.7 Å². The molecule has 0 unspecified atom stereocenters. The highest BCUT2D eigenvalue weighted by molar-refractivity contribution is 5.04. The molecule has 1 N–H and O–H groups in total. The van der Waals surface area contributed by atoms with Crippen molar-refractivity contribution in [1.82, 2.24) is 4.90 Å². The first-order chi connectivity index (χ1) is 6.36. The van der Waals surface area contributed by atoms with Crippen LogP contribution in [0.1, 0.15) is 18.9 Å². The van der Waals surface area contributed by atoms with Crippen molar-refractivity contribution in [3.63, 3.8) is 0 Å². The normalized spacial score (nSPS) is 11.0. The van der Waals surface area contributed by atoms with Gasteiger partial charge in [-0.2, -0.15) is 0 Å². The maximum Gasteiger partial charge on any atom is 0.0947 e. The van der Waals surface area contributed by atoms with Gasteiger partial charge in [-0.15, -0.1) is 0 Å². The zero-order chi connectivity index (χ0) is 9.52. The first-order valence-corrected chi connectivity index (χ1v) is 4.71. The van der Waals surface area contributed by atoms with E-state index in [4.69, 9.17) is 9.52 Å².